The molecule has 1 aliphatic rings. The molecule has 2 heterocycles. The number of hydrogen-bond acceptors (Lipinski definition) is 7. The molecule has 0 aliphatic carbocycles. The van der Waals surface area contributed by atoms with Crippen LogP contribution < -0.4 is 11.4 Å². The van der Waals surface area contributed by atoms with Crippen LogP contribution in [0.25, 0.3) is 0 Å². The Kier molecular flexibility index (Phi) is 3.11. The van der Waals surface area contributed by atoms with Crippen LogP contribution in [0.15, 0.2) is 17.1 Å². The van der Waals surface area contributed by atoms with Crippen molar-refractivity contribution in [1.82, 2.24) is 9.55 Å². The van der Waals surface area contributed by atoms with Crippen molar-refractivity contribution in [2.45, 2.75) is 31.0 Å². The van der Waals surface area contributed by atoms with Gasteiger partial charge in [-0.3, -0.25) is 4.57 Å². The van der Waals surface area contributed by atoms with Crippen LogP contribution in [0, 0.1) is 0 Å². The Hall–Kier alpha value is -1.48. The van der Waals surface area contributed by atoms with Crippen molar-refractivity contribution in [2.75, 3.05) is 12.3 Å². The fourth-order valence-corrected chi connectivity index (χ4v) is 1.90. The second-order valence-electron chi connectivity index (χ2n) is 4.46. The molecule has 1 unspecified atom stereocenters. The van der Waals surface area contributed by atoms with E-state index in [4.69, 9.17) is 10.5 Å². The van der Waals surface area contributed by atoms with Crippen molar-refractivity contribution >= 4 is 5.82 Å². The summed E-state index contributed by atoms with van der Waals surface area (Å²) in [5.74, 6) is 0.0502. The highest BCUT2D eigenvalue weighted by Gasteiger charge is 2.51. The van der Waals surface area contributed by atoms with Gasteiger partial charge in [0, 0.05) is 6.20 Å². The summed E-state index contributed by atoms with van der Waals surface area (Å²) in [7, 11) is 0. The van der Waals surface area contributed by atoms with Crippen LogP contribution in [-0.4, -0.2) is 49.3 Å². The van der Waals surface area contributed by atoms with E-state index in [1.807, 2.05) is 0 Å². The normalized spacial score (nSPS) is 35.9. The molecule has 0 aromatic carbocycles. The van der Waals surface area contributed by atoms with E-state index in [9.17, 15) is 20.1 Å². The topological polar surface area (TPSA) is 131 Å². The molecule has 100 valence electrons. The van der Waals surface area contributed by atoms with Gasteiger partial charge in [-0.1, -0.05) is 0 Å². The van der Waals surface area contributed by atoms with Gasteiger partial charge < -0.3 is 25.8 Å². The standard InChI is InChI=1S/C10H15N3O5/c1-10(4-14)7(16)6(15)8(18-10)13-3-2-5(11)12-9(13)17/h2-3,6-8,14-16H,4H2,1H3,(H2,11,12,17)/t6-,7?,8+,10+/m0/s1. The lowest BCUT2D eigenvalue weighted by Crippen LogP contribution is -2.43. The van der Waals surface area contributed by atoms with Gasteiger partial charge in [-0.25, -0.2) is 4.79 Å². The maximum atomic E-state index is 11.6. The molecule has 1 aliphatic heterocycles. The molecule has 8 heteroatoms. The molecule has 18 heavy (non-hydrogen) atoms. The first kappa shape index (κ1) is 13.0. The van der Waals surface area contributed by atoms with Crippen molar-refractivity contribution in [3.8, 4) is 0 Å². The fraction of sp³-hybridized carbons (Fsp3) is 0.600. The maximum Gasteiger partial charge on any atom is 0.351 e. The van der Waals surface area contributed by atoms with Crippen molar-refractivity contribution < 1.29 is 20.1 Å². The average molecular weight is 257 g/mol. The van der Waals surface area contributed by atoms with Gasteiger partial charge in [-0.05, 0) is 13.0 Å². The average Bonchev–Trinajstić information content (AvgIpc) is 2.55. The Labute approximate surface area is 102 Å². The highest BCUT2D eigenvalue weighted by atomic mass is 16.6. The monoisotopic (exact) mass is 257 g/mol. The predicted octanol–water partition coefficient (Wildman–Crippen LogP) is -2.17. The minimum absolute atomic E-state index is 0.0502. The molecule has 4 atom stereocenters. The first-order chi connectivity index (χ1) is 8.39. The minimum atomic E-state index is -1.34. The lowest BCUT2D eigenvalue weighted by atomic mass is 9.99. The van der Waals surface area contributed by atoms with Crippen LogP contribution >= 0.6 is 0 Å². The van der Waals surface area contributed by atoms with Crippen LogP contribution in [-0.2, 0) is 4.74 Å². The molecule has 0 bridgehead atoms. The van der Waals surface area contributed by atoms with Gasteiger partial charge in [0.25, 0.3) is 0 Å². The molecule has 1 aromatic rings. The number of aliphatic hydroxyl groups is 3. The second kappa shape index (κ2) is 4.32. The molecular weight excluding hydrogens is 242 g/mol. The highest BCUT2D eigenvalue weighted by Crippen LogP contribution is 2.35. The lowest BCUT2D eigenvalue weighted by Gasteiger charge is -2.24. The van der Waals surface area contributed by atoms with Crippen molar-refractivity contribution in [1.29, 1.82) is 0 Å². The summed E-state index contributed by atoms with van der Waals surface area (Å²) in [6, 6.07) is 1.37. The van der Waals surface area contributed by atoms with Gasteiger partial charge in [0.2, 0.25) is 0 Å². The third kappa shape index (κ3) is 1.89. The second-order valence-corrected chi connectivity index (χ2v) is 4.46. The fourth-order valence-electron chi connectivity index (χ4n) is 1.90. The van der Waals surface area contributed by atoms with Crippen molar-refractivity contribution in [3.63, 3.8) is 0 Å². The molecule has 1 fully saturated rings. The summed E-state index contributed by atoms with van der Waals surface area (Å²) in [5.41, 5.74) is 3.32. The first-order valence-corrected chi connectivity index (χ1v) is 5.38. The van der Waals surface area contributed by atoms with E-state index in [2.05, 4.69) is 4.98 Å². The molecule has 5 N–H and O–H groups in total. The van der Waals surface area contributed by atoms with Gasteiger partial charge in [0.1, 0.15) is 23.6 Å². The smallest absolute Gasteiger partial charge is 0.351 e. The summed E-state index contributed by atoms with van der Waals surface area (Å²) in [6.45, 7) is 0.954. The number of aliphatic hydroxyl groups excluding tert-OH is 3. The summed E-state index contributed by atoms with van der Waals surface area (Å²) in [5, 5.41) is 28.8. The predicted molar refractivity (Wildman–Crippen MR) is 60.5 cm³/mol. The molecule has 0 saturated carbocycles. The van der Waals surface area contributed by atoms with E-state index in [0.717, 1.165) is 4.57 Å². The number of ether oxygens (including phenoxy) is 1. The van der Waals surface area contributed by atoms with Crippen LogP contribution in [0.5, 0.6) is 0 Å². The quantitative estimate of drug-likeness (QED) is 0.474. The number of aromatic nitrogens is 2. The number of nitrogen functional groups attached to an aromatic ring is 1. The third-order valence-electron chi connectivity index (χ3n) is 3.07. The minimum Gasteiger partial charge on any atom is -0.393 e. The first-order valence-electron chi connectivity index (χ1n) is 5.38. The van der Waals surface area contributed by atoms with E-state index in [1.54, 1.807) is 0 Å². The molecule has 0 radical (unpaired) electrons. The van der Waals surface area contributed by atoms with Crippen LogP contribution in [0.4, 0.5) is 5.82 Å². The third-order valence-corrected chi connectivity index (χ3v) is 3.07. The van der Waals surface area contributed by atoms with Crippen LogP contribution in [0.3, 0.4) is 0 Å². The number of nitrogens with zero attached hydrogens (tertiary/aromatic N) is 2. The zero-order valence-electron chi connectivity index (χ0n) is 9.72. The van der Waals surface area contributed by atoms with Crippen molar-refractivity contribution in [3.05, 3.63) is 22.7 Å². The molecule has 0 spiro atoms. The van der Waals surface area contributed by atoms with E-state index in [0.29, 0.717) is 0 Å². The summed E-state index contributed by atoms with van der Waals surface area (Å²) in [4.78, 5) is 15.1. The molecule has 2 rings (SSSR count). The van der Waals surface area contributed by atoms with Crippen LogP contribution in [0.2, 0.25) is 0 Å². The number of hydrogen-bond donors (Lipinski definition) is 4. The number of anilines is 1. The Morgan fingerprint density at radius 1 is 1.61 bits per heavy atom. The summed E-state index contributed by atoms with van der Waals surface area (Å²) in [6.07, 6.45) is -2.45. The maximum absolute atomic E-state index is 11.6. The summed E-state index contributed by atoms with van der Waals surface area (Å²) >= 11 is 0. The van der Waals surface area contributed by atoms with E-state index >= 15 is 0 Å². The lowest BCUT2D eigenvalue weighted by molar-refractivity contribution is -0.117. The van der Waals surface area contributed by atoms with E-state index < -0.39 is 36.3 Å². The van der Waals surface area contributed by atoms with Gasteiger partial charge in [-0.2, -0.15) is 4.98 Å². The number of nitrogens with two attached hydrogens (primary N) is 1. The Morgan fingerprint density at radius 2 is 2.28 bits per heavy atom. The van der Waals surface area contributed by atoms with Crippen LogP contribution in [0.1, 0.15) is 13.2 Å². The Morgan fingerprint density at radius 3 is 2.78 bits per heavy atom. The molecule has 1 saturated heterocycles. The van der Waals surface area contributed by atoms with Gasteiger partial charge in [0.05, 0.1) is 6.61 Å². The molecule has 0 amide bonds. The Bertz CT molecular complexity index is 505. The largest absolute Gasteiger partial charge is 0.393 e. The summed E-state index contributed by atoms with van der Waals surface area (Å²) < 4.78 is 6.38. The van der Waals surface area contributed by atoms with Crippen molar-refractivity contribution in [2.24, 2.45) is 0 Å². The van der Waals surface area contributed by atoms with Gasteiger partial charge in [0.15, 0.2) is 6.23 Å². The molecule has 1 aromatic heterocycles. The van der Waals surface area contributed by atoms with E-state index in [1.165, 1.54) is 19.2 Å². The van der Waals surface area contributed by atoms with Gasteiger partial charge in [-0.15, -0.1) is 0 Å². The Balaban J connectivity index is 2.38. The zero-order chi connectivity index (χ0) is 13.5. The molecular formula is C10H15N3O5. The SMILES string of the molecule is C[C@]1(CO)O[C@@H](n2ccc(N)nc2=O)[C@@H](O)C1O. The van der Waals surface area contributed by atoms with E-state index in [-0.39, 0.29) is 5.82 Å². The zero-order valence-corrected chi connectivity index (χ0v) is 9.72. The highest BCUT2D eigenvalue weighted by molar-refractivity contribution is 5.23. The molecule has 8 nitrogen and oxygen atoms in total. The van der Waals surface area contributed by atoms with Gasteiger partial charge >= 0.3 is 5.69 Å². The number of rotatable bonds is 2.